The van der Waals surface area contributed by atoms with Crippen molar-refractivity contribution < 1.29 is 4.79 Å². The van der Waals surface area contributed by atoms with Crippen molar-refractivity contribution in [2.75, 3.05) is 0 Å². The maximum atomic E-state index is 12.2. The van der Waals surface area contributed by atoms with E-state index in [4.69, 9.17) is 23.2 Å². The summed E-state index contributed by atoms with van der Waals surface area (Å²) in [5.41, 5.74) is 2.43. The van der Waals surface area contributed by atoms with E-state index in [1.807, 2.05) is 29.6 Å². The molecule has 0 aliphatic heterocycles. The molecule has 116 valence electrons. The topological polar surface area (TPSA) is 42.0 Å². The van der Waals surface area contributed by atoms with Crippen molar-refractivity contribution in [1.82, 2.24) is 10.3 Å². The Bertz CT molecular complexity index is 817. The van der Waals surface area contributed by atoms with Crippen LogP contribution >= 0.6 is 34.5 Å². The Morgan fingerprint density at radius 1 is 1.13 bits per heavy atom. The van der Waals surface area contributed by atoms with E-state index in [0.29, 0.717) is 22.2 Å². The number of halogens is 2. The van der Waals surface area contributed by atoms with Gasteiger partial charge >= 0.3 is 0 Å². The number of hydrogen-bond donors (Lipinski definition) is 1. The minimum atomic E-state index is -0.249. The molecule has 0 radical (unpaired) electrons. The van der Waals surface area contributed by atoms with Gasteiger partial charge in [-0.15, -0.1) is 11.3 Å². The maximum Gasteiger partial charge on any atom is 0.253 e. The fraction of sp³-hybridized carbons (Fsp3) is 0.0588. The molecule has 1 heterocycles. The highest BCUT2D eigenvalue weighted by Crippen LogP contribution is 2.22. The molecule has 0 saturated carbocycles. The lowest BCUT2D eigenvalue weighted by atomic mass is 10.1. The zero-order valence-electron chi connectivity index (χ0n) is 11.9. The predicted octanol–water partition coefficient (Wildman–Crippen LogP) is 5.05. The van der Waals surface area contributed by atoms with E-state index in [2.05, 4.69) is 10.3 Å². The summed E-state index contributed by atoms with van der Waals surface area (Å²) in [6.07, 6.45) is 1.78. The second-order valence-corrected chi connectivity index (χ2v) is 6.58. The molecule has 3 nitrogen and oxygen atoms in total. The first-order chi connectivity index (χ1) is 11.1. The monoisotopic (exact) mass is 362 g/mol. The second-order valence-electron chi connectivity index (χ2n) is 4.84. The summed E-state index contributed by atoms with van der Waals surface area (Å²) in [5, 5.41) is 6.62. The summed E-state index contributed by atoms with van der Waals surface area (Å²) in [6, 6.07) is 12.7. The minimum Gasteiger partial charge on any atom is -0.348 e. The predicted molar refractivity (Wildman–Crippen MR) is 95.2 cm³/mol. The van der Waals surface area contributed by atoms with Gasteiger partial charge in [-0.25, -0.2) is 4.98 Å². The first kappa shape index (κ1) is 16.0. The van der Waals surface area contributed by atoms with Gasteiger partial charge in [0.25, 0.3) is 5.91 Å². The Hall–Kier alpha value is -1.88. The Morgan fingerprint density at radius 2 is 1.91 bits per heavy atom. The van der Waals surface area contributed by atoms with E-state index in [9.17, 15) is 4.79 Å². The molecule has 3 aromatic rings. The van der Waals surface area contributed by atoms with Crippen LogP contribution in [-0.4, -0.2) is 10.9 Å². The van der Waals surface area contributed by atoms with E-state index < -0.39 is 0 Å². The van der Waals surface area contributed by atoms with Crippen LogP contribution in [0.3, 0.4) is 0 Å². The van der Waals surface area contributed by atoms with Gasteiger partial charge in [-0.3, -0.25) is 4.79 Å². The second kappa shape index (κ2) is 7.13. The fourth-order valence-corrected chi connectivity index (χ4v) is 3.10. The van der Waals surface area contributed by atoms with Crippen molar-refractivity contribution in [1.29, 1.82) is 0 Å². The number of amides is 1. The number of benzene rings is 2. The largest absolute Gasteiger partial charge is 0.348 e. The van der Waals surface area contributed by atoms with E-state index in [-0.39, 0.29) is 5.91 Å². The molecule has 0 aliphatic rings. The lowest BCUT2D eigenvalue weighted by Gasteiger charge is -2.08. The molecule has 6 heteroatoms. The smallest absolute Gasteiger partial charge is 0.253 e. The minimum absolute atomic E-state index is 0.249. The van der Waals surface area contributed by atoms with Crippen LogP contribution in [0.25, 0.3) is 10.6 Å². The van der Waals surface area contributed by atoms with Gasteiger partial charge in [0.05, 0.1) is 10.6 Å². The molecular formula is C17H12Cl2N2OS. The van der Waals surface area contributed by atoms with Crippen molar-refractivity contribution >= 4 is 40.4 Å². The SMILES string of the molecule is O=C(NCc1ccc(-c2nccs2)cc1)c1cc(Cl)ccc1Cl. The lowest BCUT2D eigenvalue weighted by Crippen LogP contribution is -2.23. The summed E-state index contributed by atoms with van der Waals surface area (Å²) in [7, 11) is 0. The van der Waals surface area contributed by atoms with Crippen molar-refractivity contribution in [3.8, 4) is 10.6 Å². The third kappa shape index (κ3) is 3.91. The number of nitrogens with zero attached hydrogens (tertiary/aromatic N) is 1. The quantitative estimate of drug-likeness (QED) is 0.705. The number of aromatic nitrogens is 1. The first-order valence-electron chi connectivity index (χ1n) is 6.85. The van der Waals surface area contributed by atoms with E-state index in [1.54, 1.807) is 35.7 Å². The zero-order valence-corrected chi connectivity index (χ0v) is 14.3. The number of carbonyl (C=O) groups excluding carboxylic acids is 1. The van der Waals surface area contributed by atoms with Gasteiger partial charge in [0.15, 0.2) is 0 Å². The van der Waals surface area contributed by atoms with Crippen molar-refractivity contribution in [2.24, 2.45) is 0 Å². The van der Waals surface area contributed by atoms with Crippen LogP contribution in [0.4, 0.5) is 0 Å². The zero-order chi connectivity index (χ0) is 16.2. The molecule has 1 amide bonds. The number of thiazole rings is 1. The van der Waals surface area contributed by atoms with Crippen LogP contribution in [0, 0.1) is 0 Å². The normalized spacial score (nSPS) is 10.5. The molecule has 0 aliphatic carbocycles. The van der Waals surface area contributed by atoms with Gasteiger partial charge in [-0.1, -0.05) is 47.5 Å². The third-order valence-corrected chi connectivity index (χ3v) is 4.65. The van der Waals surface area contributed by atoms with Gasteiger partial charge in [0.2, 0.25) is 0 Å². The van der Waals surface area contributed by atoms with Gasteiger partial charge in [-0.2, -0.15) is 0 Å². The molecule has 2 aromatic carbocycles. The van der Waals surface area contributed by atoms with Crippen molar-refractivity contribution in [2.45, 2.75) is 6.54 Å². The number of rotatable bonds is 4. The Labute approximate surface area is 147 Å². The highest BCUT2D eigenvalue weighted by molar-refractivity contribution is 7.13. The molecule has 1 aromatic heterocycles. The molecule has 0 saturated heterocycles. The average Bonchev–Trinajstić information content (AvgIpc) is 3.10. The molecular weight excluding hydrogens is 351 g/mol. The molecule has 0 atom stereocenters. The molecule has 3 rings (SSSR count). The highest BCUT2D eigenvalue weighted by Gasteiger charge is 2.10. The highest BCUT2D eigenvalue weighted by atomic mass is 35.5. The van der Waals surface area contributed by atoms with E-state index in [0.717, 1.165) is 16.1 Å². The van der Waals surface area contributed by atoms with E-state index in [1.165, 1.54) is 0 Å². The van der Waals surface area contributed by atoms with Gasteiger partial charge in [0, 0.05) is 28.7 Å². The summed E-state index contributed by atoms with van der Waals surface area (Å²) < 4.78 is 0. The van der Waals surface area contributed by atoms with Crippen LogP contribution in [0.2, 0.25) is 10.0 Å². The molecule has 23 heavy (non-hydrogen) atoms. The van der Waals surface area contributed by atoms with Crippen molar-refractivity contribution in [3.63, 3.8) is 0 Å². The summed E-state index contributed by atoms with van der Waals surface area (Å²) >= 11 is 13.5. The molecule has 0 fully saturated rings. The fourth-order valence-electron chi connectivity index (χ4n) is 2.08. The van der Waals surface area contributed by atoms with Crippen LogP contribution < -0.4 is 5.32 Å². The van der Waals surface area contributed by atoms with Gasteiger partial charge in [0.1, 0.15) is 5.01 Å². The average molecular weight is 363 g/mol. The molecule has 0 unspecified atom stereocenters. The third-order valence-electron chi connectivity index (χ3n) is 3.26. The number of nitrogens with one attached hydrogen (secondary N) is 1. The summed E-state index contributed by atoms with van der Waals surface area (Å²) in [5.74, 6) is -0.249. The van der Waals surface area contributed by atoms with Gasteiger partial charge < -0.3 is 5.32 Å². The summed E-state index contributed by atoms with van der Waals surface area (Å²) in [6.45, 7) is 0.416. The summed E-state index contributed by atoms with van der Waals surface area (Å²) in [4.78, 5) is 16.5. The standard InChI is InChI=1S/C17H12Cl2N2OS/c18-13-5-6-15(19)14(9-13)16(22)21-10-11-1-3-12(4-2-11)17-20-7-8-23-17/h1-9H,10H2,(H,21,22). The lowest BCUT2D eigenvalue weighted by molar-refractivity contribution is 0.0951. The van der Waals surface area contributed by atoms with Crippen LogP contribution in [0.15, 0.2) is 54.0 Å². The molecule has 1 N–H and O–H groups in total. The van der Waals surface area contributed by atoms with E-state index >= 15 is 0 Å². The maximum absolute atomic E-state index is 12.2. The Morgan fingerprint density at radius 3 is 2.61 bits per heavy atom. The Kier molecular flexibility index (Phi) is 4.96. The van der Waals surface area contributed by atoms with Gasteiger partial charge in [-0.05, 0) is 23.8 Å². The first-order valence-corrected chi connectivity index (χ1v) is 8.49. The molecule has 0 spiro atoms. The van der Waals surface area contributed by atoms with Crippen LogP contribution in [-0.2, 0) is 6.54 Å². The molecule has 0 bridgehead atoms. The van der Waals surface area contributed by atoms with Crippen LogP contribution in [0.1, 0.15) is 15.9 Å². The number of carbonyl (C=O) groups is 1. The van der Waals surface area contributed by atoms with Crippen LogP contribution in [0.5, 0.6) is 0 Å². The number of hydrogen-bond acceptors (Lipinski definition) is 3. The Balaban J connectivity index is 1.66. The van der Waals surface area contributed by atoms with Crippen molar-refractivity contribution in [3.05, 3.63) is 75.2 Å².